The molecule has 2 aliphatic carbocycles. The predicted molar refractivity (Wildman–Crippen MR) is 144 cm³/mol. The summed E-state index contributed by atoms with van der Waals surface area (Å²) in [6.45, 7) is 0. The zero-order chi connectivity index (χ0) is 20.4. The number of halogens is 1. The lowest BCUT2D eigenvalue weighted by molar-refractivity contribution is 0.794. The molecule has 0 fully saturated rings. The summed E-state index contributed by atoms with van der Waals surface area (Å²) < 4.78 is 0. The Bertz CT molecular complexity index is 1420. The average molecular weight is 520 g/mol. The van der Waals surface area contributed by atoms with E-state index in [9.17, 15) is 0 Å². The van der Waals surface area contributed by atoms with Crippen LogP contribution in [0.1, 0.15) is 22.3 Å². The second-order valence-corrected chi connectivity index (χ2v) is 8.51. The molecule has 0 radical (unpaired) electrons. The minimum Gasteiger partial charge on any atom is -0.107 e. The highest BCUT2D eigenvalue weighted by atomic mass is 127. The van der Waals surface area contributed by atoms with Gasteiger partial charge in [0.25, 0.3) is 0 Å². The number of fused-ring (bicyclic) bond motifs is 10. The van der Waals surface area contributed by atoms with Crippen molar-refractivity contribution < 1.29 is 0 Å². The van der Waals surface area contributed by atoms with Gasteiger partial charge in [0.05, 0.1) is 5.41 Å². The first-order valence-corrected chi connectivity index (χ1v) is 10.9. The summed E-state index contributed by atoms with van der Waals surface area (Å²) in [5, 5.41) is 0. The zero-order valence-electron chi connectivity index (χ0n) is 17.5. The van der Waals surface area contributed by atoms with Crippen molar-refractivity contribution >= 4 is 24.0 Å². The van der Waals surface area contributed by atoms with E-state index in [0.29, 0.717) is 0 Å². The molecular weight excluding hydrogens is 499 g/mol. The Hall–Kier alpha value is -3.17. The van der Waals surface area contributed by atoms with E-state index in [1.807, 2.05) is 0 Å². The van der Waals surface area contributed by atoms with Crippen LogP contribution in [0.5, 0.6) is 0 Å². The van der Waals surface area contributed by atoms with Gasteiger partial charge >= 0.3 is 0 Å². The zero-order valence-corrected chi connectivity index (χ0v) is 19.8. The first-order chi connectivity index (χ1) is 15.4. The molecule has 2 aliphatic rings. The summed E-state index contributed by atoms with van der Waals surface area (Å²) >= 11 is 0. The quantitative estimate of drug-likeness (QED) is 0.191. The van der Waals surface area contributed by atoms with E-state index in [1.165, 1.54) is 55.6 Å². The summed E-state index contributed by atoms with van der Waals surface area (Å²) in [4.78, 5) is 0. The molecule has 32 heavy (non-hydrogen) atoms. The second kappa shape index (κ2) is 7.18. The Morgan fingerprint density at radius 3 is 1.31 bits per heavy atom. The molecule has 0 aliphatic heterocycles. The highest BCUT2D eigenvalue weighted by Gasteiger charge is 2.51. The lowest BCUT2D eigenvalue weighted by atomic mass is 9.70. The van der Waals surface area contributed by atoms with Crippen molar-refractivity contribution in [2.24, 2.45) is 0 Å². The van der Waals surface area contributed by atoms with Crippen molar-refractivity contribution in [2.75, 3.05) is 0 Å². The maximum atomic E-state index is 2.43. The van der Waals surface area contributed by atoms with Gasteiger partial charge < -0.3 is 0 Å². The lowest BCUT2D eigenvalue weighted by Crippen LogP contribution is -2.25. The molecule has 0 unspecified atom stereocenters. The van der Waals surface area contributed by atoms with E-state index in [-0.39, 0.29) is 29.4 Å². The van der Waals surface area contributed by atoms with Crippen LogP contribution >= 0.6 is 24.0 Å². The van der Waals surface area contributed by atoms with Gasteiger partial charge in [-0.15, -0.1) is 24.0 Å². The standard InChI is InChI=1S/C31H20.HI/c1-2-10-21(11-3-1)22-18-19-26-25-14-6-9-17-29(25)31(30(26)20-22)27-15-7-4-12-23(27)24-13-5-8-16-28(24)31;/h1-20H;1H. The number of hydrogen-bond acceptors (Lipinski definition) is 0. The second-order valence-electron chi connectivity index (χ2n) is 8.51. The van der Waals surface area contributed by atoms with E-state index in [2.05, 4.69) is 121 Å². The van der Waals surface area contributed by atoms with Crippen LogP contribution in [-0.2, 0) is 5.41 Å². The fourth-order valence-electron chi connectivity index (χ4n) is 5.91. The highest BCUT2D eigenvalue weighted by molar-refractivity contribution is 14.0. The van der Waals surface area contributed by atoms with Crippen LogP contribution in [0.4, 0.5) is 0 Å². The van der Waals surface area contributed by atoms with Crippen molar-refractivity contribution in [1.82, 2.24) is 0 Å². The largest absolute Gasteiger partial charge is 0.107 e. The molecular formula is C31H21I. The molecule has 1 spiro atoms. The van der Waals surface area contributed by atoms with Gasteiger partial charge in [0, 0.05) is 0 Å². The number of hydrogen-bond donors (Lipinski definition) is 0. The molecule has 152 valence electrons. The van der Waals surface area contributed by atoms with Gasteiger partial charge in [0.15, 0.2) is 0 Å². The van der Waals surface area contributed by atoms with Crippen LogP contribution in [0.2, 0.25) is 0 Å². The Balaban J connectivity index is 0.00000196. The fraction of sp³-hybridized carbons (Fsp3) is 0.0323. The van der Waals surface area contributed by atoms with E-state index in [1.54, 1.807) is 0 Å². The minimum absolute atomic E-state index is 0. The van der Waals surface area contributed by atoms with Crippen molar-refractivity contribution in [2.45, 2.75) is 5.41 Å². The topological polar surface area (TPSA) is 0 Å². The van der Waals surface area contributed by atoms with Crippen molar-refractivity contribution in [1.29, 1.82) is 0 Å². The molecule has 0 saturated heterocycles. The first-order valence-electron chi connectivity index (χ1n) is 10.9. The number of benzene rings is 5. The van der Waals surface area contributed by atoms with Crippen molar-refractivity contribution in [3.05, 3.63) is 144 Å². The van der Waals surface area contributed by atoms with Crippen LogP contribution in [-0.4, -0.2) is 0 Å². The third kappa shape index (κ3) is 2.37. The van der Waals surface area contributed by atoms with Gasteiger partial charge in [-0.2, -0.15) is 0 Å². The summed E-state index contributed by atoms with van der Waals surface area (Å²) in [6.07, 6.45) is 0. The smallest absolute Gasteiger partial charge is 0.0725 e. The minimum atomic E-state index is -0.260. The highest BCUT2D eigenvalue weighted by Crippen LogP contribution is 2.62. The maximum absolute atomic E-state index is 2.43. The lowest BCUT2D eigenvalue weighted by Gasteiger charge is -2.30. The van der Waals surface area contributed by atoms with E-state index < -0.39 is 0 Å². The molecule has 0 nitrogen and oxygen atoms in total. The summed E-state index contributed by atoms with van der Waals surface area (Å²) in [6, 6.07) is 44.7. The van der Waals surface area contributed by atoms with Crippen LogP contribution < -0.4 is 0 Å². The van der Waals surface area contributed by atoms with Crippen LogP contribution in [0, 0.1) is 0 Å². The van der Waals surface area contributed by atoms with Gasteiger partial charge in [0.1, 0.15) is 0 Å². The van der Waals surface area contributed by atoms with Gasteiger partial charge in [-0.3, -0.25) is 0 Å². The first kappa shape index (κ1) is 19.5. The van der Waals surface area contributed by atoms with E-state index in [0.717, 1.165) is 0 Å². The Morgan fingerprint density at radius 2 is 0.781 bits per heavy atom. The monoisotopic (exact) mass is 520 g/mol. The van der Waals surface area contributed by atoms with Gasteiger partial charge in [-0.1, -0.05) is 115 Å². The summed E-state index contributed by atoms with van der Waals surface area (Å²) in [5.74, 6) is 0. The molecule has 7 rings (SSSR count). The summed E-state index contributed by atoms with van der Waals surface area (Å²) in [7, 11) is 0. The molecule has 0 bridgehead atoms. The molecule has 0 N–H and O–H groups in total. The Kier molecular flexibility index (Phi) is 4.38. The summed E-state index contributed by atoms with van der Waals surface area (Å²) in [5.41, 5.74) is 13.3. The van der Waals surface area contributed by atoms with E-state index >= 15 is 0 Å². The van der Waals surface area contributed by atoms with Crippen LogP contribution in [0.25, 0.3) is 33.4 Å². The van der Waals surface area contributed by atoms with Crippen LogP contribution in [0.3, 0.4) is 0 Å². The molecule has 0 aromatic heterocycles. The molecule has 0 amide bonds. The average Bonchev–Trinajstić information content (AvgIpc) is 3.32. The van der Waals surface area contributed by atoms with Crippen molar-refractivity contribution in [3.63, 3.8) is 0 Å². The molecule has 1 heteroatoms. The molecule has 0 atom stereocenters. The third-order valence-corrected chi connectivity index (χ3v) is 7.10. The van der Waals surface area contributed by atoms with Crippen molar-refractivity contribution in [3.8, 4) is 33.4 Å². The maximum Gasteiger partial charge on any atom is 0.0725 e. The predicted octanol–water partition coefficient (Wildman–Crippen LogP) is 8.32. The Labute approximate surface area is 205 Å². The van der Waals surface area contributed by atoms with E-state index in [4.69, 9.17) is 0 Å². The van der Waals surface area contributed by atoms with Gasteiger partial charge in [0.2, 0.25) is 0 Å². The van der Waals surface area contributed by atoms with Gasteiger partial charge in [-0.05, 0) is 61.7 Å². The molecule has 5 aromatic carbocycles. The van der Waals surface area contributed by atoms with Crippen LogP contribution in [0.15, 0.2) is 121 Å². The number of rotatable bonds is 1. The molecule has 5 aromatic rings. The molecule has 0 saturated carbocycles. The fourth-order valence-corrected chi connectivity index (χ4v) is 5.91. The Morgan fingerprint density at radius 1 is 0.344 bits per heavy atom. The normalized spacial score (nSPS) is 13.6. The molecule has 0 heterocycles. The van der Waals surface area contributed by atoms with Gasteiger partial charge in [-0.25, -0.2) is 0 Å². The SMILES string of the molecule is I.c1ccc(-c2ccc3c(c2)C2(c4ccccc4-c4ccccc42)c2ccccc2-3)cc1. The third-order valence-electron chi connectivity index (χ3n) is 7.10.